The zero-order valence-electron chi connectivity index (χ0n) is 15.6. The van der Waals surface area contributed by atoms with E-state index >= 15 is 0 Å². The maximum atomic E-state index is 4.64. The molecule has 6 nitrogen and oxygen atoms in total. The molecule has 1 saturated heterocycles. The highest BCUT2D eigenvalue weighted by atomic mass is 15.3. The molecule has 0 aromatic carbocycles. The molecule has 2 N–H and O–H groups in total. The van der Waals surface area contributed by atoms with Gasteiger partial charge in [0.25, 0.3) is 0 Å². The van der Waals surface area contributed by atoms with Gasteiger partial charge in [-0.15, -0.1) is 0 Å². The molecule has 1 atom stereocenters. The lowest BCUT2D eigenvalue weighted by molar-refractivity contribution is 0.181. The molecule has 0 aliphatic carbocycles. The summed E-state index contributed by atoms with van der Waals surface area (Å²) in [6, 6.07) is 2.01. The van der Waals surface area contributed by atoms with Crippen molar-refractivity contribution in [1.29, 1.82) is 0 Å². The second kappa shape index (κ2) is 10.3. The Hall–Kier alpha value is -1.56. The van der Waals surface area contributed by atoms with Crippen LogP contribution in [0.2, 0.25) is 0 Å². The van der Waals surface area contributed by atoms with Crippen LogP contribution in [0, 0.1) is 5.92 Å². The Kier molecular flexibility index (Phi) is 8.08. The summed E-state index contributed by atoms with van der Waals surface area (Å²) in [5.41, 5.74) is 1.12. The molecule has 24 heavy (non-hydrogen) atoms. The zero-order chi connectivity index (χ0) is 17.2. The summed E-state index contributed by atoms with van der Waals surface area (Å²) >= 11 is 0. The molecule has 1 aromatic heterocycles. The molecular weight excluding hydrogens is 300 g/mol. The van der Waals surface area contributed by atoms with Crippen molar-refractivity contribution in [2.75, 3.05) is 32.7 Å². The summed E-state index contributed by atoms with van der Waals surface area (Å²) in [7, 11) is 1.95. The number of nitrogens with zero attached hydrogens (tertiary/aromatic N) is 4. The smallest absolute Gasteiger partial charge is 0.191 e. The van der Waals surface area contributed by atoms with Crippen LogP contribution in [0.25, 0.3) is 0 Å². The molecule has 2 rings (SSSR count). The number of guanidine groups is 1. The maximum Gasteiger partial charge on any atom is 0.191 e. The van der Waals surface area contributed by atoms with Crippen LogP contribution in [0.3, 0.4) is 0 Å². The summed E-state index contributed by atoms with van der Waals surface area (Å²) in [5.74, 6) is 1.77. The fourth-order valence-corrected chi connectivity index (χ4v) is 3.22. The van der Waals surface area contributed by atoms with E-state index < -0.39 is 0 Å². The summed E-state index contributed by atoms with van der Waals surface area (Å²) in [4.78, 5) is 7.26. The van der Waals surface area contributed by atoms with E-state index in [1.54, 1.807) is 0 Å². The van der Waals surface area contributed by atoms with Gasteiger partial charge in [0, 0.05) is 32.9 Å². The molecule has 0 bridgehead atoms. The summed E-state index contributed by atoms with van der Waals surface area (Å²) < 4.78 is 1.87. The van der Waals surface area contributed by atoms with E-state index in [4.69, 9.17) is 0 Å². The lowest BCUT2D eigenvalue weighted by Crippen LogP contribution is -2.38. The van der Waals surface area contributed by atoms with E-state index in [0.717, 1.165) is 30.7 Å². The lowest BCUT2D eigenvalue weighted by Gasteiger charge is -2.30. The van der Waals surface area contributed by atoms with Gasteiger partial charge >= 0.3 is 0 Å². The van der Waals surface area contributed by atoms with Crippen LogP contribution in [0.1, 0.15) is 45.2 Å². The Labute approximate surface area is 146 Å². The zero-order valence-corrected chi connectivity index (χ0v) is 15.6. The Morgan fingerprint density at radius 2 is 2.25 bits per heavy atom. The molecule has 1 aliphatic heterocycles. The number of unbranched alkanes of at least 4 members (excludes halogenated alkanes) is 1. The summed E-state index contributed by atoms with van der Waals surface area (Å²) in [6.45, 7) is 10.8. The first-order valence-corrected chi connectivity index (χ1v) is 9.40. The molecule has 1 aromatic rings. The number of nitrogens with one attached hydrogen (secondary N) is 2. The first kappa shape index (κ1) is 18.8. The number of aromatic nitrogens is 2. The van der Waals surface area contributed by atoms with Gasteiger partial charge in [0.15, 0.2) is 5.96 Å². The highest BCUT2D eigenvalue weighted by molar-refractivity contribution is 5.79. The minimum absolute atomic E-state index is 0.650. The lowest BCUT2D eigenvalue weighted by atomic mass is 10.0. The first-order chi connectivity index (χ1) is 11.7. The van der Waals surface area contributed by atoms with Gasteiger partial charge in [0.1, 0.15) is 0 Å². The fraction of sp³-hybridized carbons (Fsp3) is 0.778. The van der Waals surface area contributed by atoms with Crippen LogP contribution in [0.4, 0.5) is 0 Å². The molecule has 1 aliphatic rings. The molecular formula is C18H34N6. The Bertz CT molecular complexity index is 495. The number of hydrogen-bond acceptors (Lipinski definition) is 3. The molecule has 136 valence electrons. The van der Waals surface area contributed by atoms with Gasteiger partial charge in [-0.3, -0.25) is 4.68 Å². The topological polar surface area (TPSA) is 57.5 Å². The van der Waals surface area contributed by atoms with E-state index in [-0.39, 0.29) is 0 Å². The Balaban J connectivity index is 1.65. The predicted molar refractivity (Wildman–Crippen MR) is 100 cm³/mol. The largest absolute Gasteiger partial charge is 0.357 e. The first-order valence-electron chi connectivity index (χ1n) is 9.40. The highest BCUT2D eigenvalue weighted by Gasteiger charge is 2.15. The van der Waals surface area contributed by atoms with Crippen molar-refractivity contribution in [3.8, 4) is 0 Å². The van der Waals surface area contributed by atoms with Gasteiger partial charge in [-0.1, -0.05) is 6.92 Å². The van der Waals surface area contributed by atoms with Crippen molar-refractivity contribution in [2.24, 2.45) is 18.0 Å². The third-order valence-electron chi connectivity index (χ3n) is 4.60. The van der Waals surface area contributed by atoms with Gasteiger partial charge in [-0.05, 0) is 57.7 Å². The van der Waals surface area contributed by atoms with E-state index in [9.17, 15) is 0 Å². The van der Waals surface area contributed by atoms with Crippen LogP contribution in [-0.4, -0.2) is 53.4 Å². The number of rotatable bonds is 8. The average Bonchev–Trinajstić information content (AvgIpc) is 2.97. The van der Waals surface area contributed by atoms with Crippen molar-refractivity contribution in [3.63, 3.8) is 0 Å². The molecule has 0 amide bonds. The maximum absolute atomic E-state index is 4.64. The second-order valence-corrected chi connectivity index (χ2v) is 6.82. The summed E-state index contributed by atoms with van der Waals surface area (Å²) in [5, 5.41) is 10.9. The minimum Gasteiger partial charge on any atom is -0.357 e. The Morgan fingerprint density at radius 3 is 2.96 bits per heavy atom. The van der Waals surface area contributed by atoms with Crippen molar-refractivity contribution in [3.05, 3.63) is 18.0 Å². The standard InChI is InChI=1S/C18H34N6/c1-4-19-18(21-14-17-9-11-22-23(17)3)20-10-5-6-12-24-13-7-8-16(2)15-24/h9,11,16H,4-8,10,12-15H2,1-3H3,(H2,19,20,21). The van der Waals surface area contributed by atoms with Gasteiger partial charge in [0.2, 0.25) is 0 Å². The highest BCUT2D eigenvalue weighted by Crippen LogP contribution is 2.15. The third kappa shape index (κ3) is 6.51. The van der Waals surface area contributed by atoms with Gasteiger partial charge in [-0.25, -0.2) is 4.99 Å². The van der Waals surface area contributed by atoms with Crippen molar-refractivity contribution < 1.29 is 0 Å². The van der Waals surface area contributed by atoms with Crippen molar-refractivity contribution in [2.45, 2.75) is 46.1 Å². The Morgan fingerprint density at radius 1 is 1.38 bits per heavy atom. The van der Waals surface area contributed by atoms with E-state index in [2.05, 4.69) is 39.5 Å². The van der Waals surface area contributed by atoms with Gasteiger partial charge < -0.3 is 15.5 Å². The molecule has 1 unspecified atom stereocenters. The van der Waals surface area contributed by atoms with Crippen molar-refractivity contribution in [1.82, 2.24) is 25.3 Å². The van der Waals surface area contributed by atoms with Gasteiger partial charge in [-0.2, -0.15) is 5.10 Å². The third-order valence-corrected chi connectivity index (χ3v) is 4.60. The molecule has 2 heterocycles. The van der Waals surface area contributed by atoms with Crippen molar-refractivity contribution >= 4 is 5.96 Å². The van der Waals surface area contributed by atoms with Crippen LogP contribution < -0.4 is 10.6 Å². The molecule has 6 heteroatoms. The number of hydrogen-bond donors (Lipinski definition) is 2. The van der Waals surface area contributed by atoms with Crippen LogP contribution in [-0.2, 0) is 13.6 Å². The van der Waals surface area contributed by atoms with Crippen LogP contribution >= 0.6 is 0 Å². The monoisotopic (exact) mass is 334 g/mol. The van der Waals surface area contributed by atoms with Gasteiger partial charge in [0.05, 0.1) is 12.2 Å². The van der Waals surface area contributed by atoms with E-state index in [0.29, 0.717) is 6.54 Å². The van der Waals surface area contributed by atoms with Crippen LogP contribution in [0.15, 0.2) is 17.3 Å². The number of aryl methyl sites for hydroxylation is 1. The van der Waals surface area contributed by atoms with E-state index in [1.807, 2.05) is 24.0 Å². The molecule has 0 spiro atoms. The minimum atomic E-state index is 0.650. The SMILES string of the molecule is CCNC(=NCc1ccnn1C)NCCCCN1CCCC(C)C1. The number of likely N-dealkylation sites (tertiary alicyclic amines) is 1. The molecule has 0 saturated carbocycles. The molecule has 1 fully saturated rings. The normalized spacial score (nSPS) is 19.5. The quantitative estimate of drug-likeness (QED) is 0.434. The fourth-order valence-electron chi connectivity index (χ4n) is 3.22. The molecule has 0 radical (unpaired) electrons. The number of piperidine rings is 1. The summed E-state index contributed by atoms with van der Waals surface area (Å²) in [6.07, 6.45) is 7.01. The van der Waals surface area contributed by atoms with Crippen LogP contribution in [0.5, 0.6) is 0 Å². The predicted octanol–water partition coefficient (Wildman–Crippen LogP) is 1.99. The number of aliphatic imine (C=N–C) groups is 1. The second-order valence-electron chi connectivity index (χ2n) is 6.82. The average molecular weight is 335 g/mol. The van der Waals surface area contributed by atoms with E-state index in [1.165, 1.54) is 45.3 Å².